The lowest BCUT2D eigenvalue weighted by Gasteiger charge is -2.11. The van der Waals surface area contributed by atoms with Crippen molar-refractivity contribution in [3.63, 3.8) is 0 Å². The Balaban J connectivity index is 1.83. The minimum Gasteiger partial charge on any atom is -0.391 e. The number of nitrogens with zero attached hydrogens (tertiary/aromatic N) is 3. The molecule has 0 unspecified atom stereocenters. The molecule has 0 spiro atoms. The van der Waals surface area contributed by atoms with Crippen LogP contribution in [0.2, 0.25) is 0 Å². The van der Waals surface area contributed by atoms with Gasteiger partial charge < -0.3 is 9.74 Å². The minimum atomic E-state index is 0.283. The molecule has 0 atom stereocenters. The molecule has 0 aliphatic carbocycles. The molecule has 116 valence electrons. The second kappa shape index (κ2) is 8.40. The van der Waals surface area contributed by atoms with E-state index in [-0.39, 0.29) is 6.61 Å². The first-order chi connectivity index (χ1) is 11.2. The third kappa shape index (κ3) is 5.01. The first-order valence-electron chi connectivity index (χ1n) is 7.28. The monoisotopic (exact) mass is 305 g/mol. The Morgan fingerprint density at radius 1 is 1.13 bits per heavy atom. The van der Waals surface area contributed by atoms with Crippen molar-refractivity contribution < 1.29 is 4.84 Å². The fourth-order valence-corrected chi connectivity index (χ4v) is 1.98. The SMILES string of the molecule is CN(C)c1ccc(/C=C/C=N\OCc2ccccc2C#N)cc1. The molecule has 0 heterocycles. The molecule has 4 heteroatoms. The quantitative estimate of drug-likeness (QED) is 0.602. The van der Waals surface area contributed by atoms with Crippen LogP contribution in [0, 0.1) is 11.3 Å². The summed E-state index contributed by atoms with van der Waals surface area (Å²) in [6.45, 7) is 0.283. The van der Waals surface area contributed by atoms with Gasteiger partial charge in [-0.25, -0.2) is 0 Å². The van der Waals surface area contributed by atoms with Crippen molar-refractivity contribution in [2.45, 2.75) is 6.61 Å². The molecule has 0 bridgehead atoms. The summed E-state index contributed by atoms with van der Waals surface area (Å²) in [5, 5.41) is 12.9. The van der Waals surface area contributed by atoms with Crippen LogP contribution in [0.1, 0.15) is 16.7 Å². The first-order valence-corrected chi connectivity index (χ1v) is 7.28. The van der Waals surface area contributed by atoms with E-state index >= 15 is 0 Å². The van der Waals surface area contributed by atoms with Gasteiger partial charge in [0.15, 0.2) is 0 Å². The predicted octanol–water partition coefficient (Wildman–Crippen LogP) is 3.84. The molecular formula is C19H19N3O. The molecule has 2 aromatic carbocycles. The van der Waals surface area contributed by atoms with Crippen LogP contribution in [-0.2, 0) is 11.4 Å². The van der Waals surface area contributed by atoms with Gasteiger partial charge in [0.1, 0.15) is 6.61 Å². The average molecular weight is 305 g/mol. The van der Waals surface area contributed by atoms with Crippen molar-refractivity contribution in [1.29, 1.82) is 5.26 Å². The van der Waals surface area contributed by atoms with Crippen molar-refractivity contribution >= 4 is 18.0 Å². The molecule has 2 rings (SSSR count). The highest BCUT2D eigenvalue weighted by atomic mass is 16.6. The van der Waals surface area contributed by atoms with E-state index in [2.05, 4.69) is 28.3 Å². The van der Waals surface area contributed by atoms with Gasteiger partial charge in [0, 0.05) is 25.3 Å². The van der Waals surface area contributed by atoms with E-state index in [1.165, 1.54) is 0 Å². The molecule has 0 radical (unpaired) electrons. The van der Waals surface area contributed by atoms with E-state index < -0.39 is 0 Å². The van der Waals surface area contributed by atoms with Crippen LogP contribution >= 0.6 is 0 Å². The van der Waals surface area contributed by atoms with Gasteiger partial charge in [-0.3, -0.25) is 0 Å². The molecule has 4 nitrogen and oxygen atoms in total. The van der Waals surface area contributed by atoms with Crippen LogP contribution < -0.4 is 4.90 Å². The van der Waals surface area contributed by atoms with Gasteiger partial charge >= 0.3 is 0 Å². The Kier molecular flexibility index (Phi) is 5.96. The highest BCUT2D eigenvalue weighted by Gasteiger charge is 1.99. The molecule has 0 aliphatic rings. The maximum Gasteiger partial charge on any atom is 0.143 e. The molecule has 0 saturated carbocycles. The zero-order valence-corrected chi connectivity index (χ0v) is 13.3. The number of allylic oxidation sites excluding steroid dienone is 1. The molecule has 23 heavy (non-hydrogen) atoms. The lowest BCUT2D eigenvalue weighted by molar-refractivity contribution is 0.132. The third-order valence-electron chi connectivity index (χ3n) is 3.28. The Morgan fingerprint density at radius 2 is 1.87 bits per heavy atom. The van der Waals surface area contributed by atoms with Crippen LogP contribution in [-0.4, -0.2) is 20.3 Å². The lowest BCUT2D eigenvalue weighted by Crippen LogP contribution is -2.07. The van der Waals surface area contributed by atoms with Crippen LogP contribution in [0.4, 0.5) is 5.69 Å². The van der Waals surface area contributed by atoms with Gasteiger partial charge in [0.05, 0.1) is 17.8 Å². The smallest absolute Gasteiger partial charge is 0.143 e. The van der Waals surface area contributed by atoms with E-state index in [0.29, 0.717) is 5.56 Å². The Bertz CT molecular complexity index is 725. The minimum absolute atomic E-state index is 0.283. The molecule has 0 fully saturated rings. The number of rotatable bonds is 6. The zero-order chi connectivity index (χ0) is 16.5. The summed E-state index contributed by atoms with van der Waals surface area (Å²) in [5.41, 5.74) is 3.70. The van der Waals surface area contributed by atoms with Gasteiger partial charge in [-0.2, -0.15) is 5.26 Å². The van der Waals surface area contributed by atoms with E-state index in [1.807, 2.05) is 56.6 Å². The third-order valence-corrected chi connectivity index (χ3v) is 3.28. The highest BCUT2D eigenvalue weighted by Crippen LogP contribution is 2.13. The fourth-order valence-electron chi connectivity index (χ4n) is 1.98. The maximum atomic E-state index is 8.98. The number of nitriles is 1. The van der Waals surface area contributed by atoms with Crippen molar-refractivity contribution in [2.75, 3.05) is 19.0 Å². The summed E-state index contributed by atoms with van der Waals surface area (Å²) in [6, 6.07) is 17.7. The van der Waals surface area contributed by atoms with Crippen molar-refractivity contribution in [3.05, 3.63) is 71.3 Å². The molecule has 0 aliphatic heterocycles. The number of hydrogen-bond donors (Lipinski definition) is 0. The van der Waals surface area contributed by atoms with E-state index in [9.17, 15) is 0 Å². The Hall–Kier alpha value is -3.06. The van der Waals surface area contributed by atoms with E-state index in [1.54, 1.807) is 12.3 Å². The van der Waals surface area contributed by atoms with Crippen LogP contribution in [0.5, 0.6) is 0 Å². The van der Waals surface area contributed by atoms with E-state index in [0.717, 1.165) is 16.8 Å². The summed E-state index contributed by atoms with van der Waals surface area (Å²) in [4.78, 5) is 7.27. The molecule has 0 N–H and O–H groups in total. The summed E-state index contributed by atoms with van der Waals surface area (Å²) >= 11 is 0. The molecule has 0 aromatic heterocycles. The predicted molar refractivity (Wildman–Crippen MR) is 94.2 cm³/mol. The zero-order valence-electron chi connectivity index (χ0n) is 13.3. The van der Waals surface area contributed by atoms with E-state index in [4.69, 9.17) is 10.1 Å². The highest BCUT2D eigenvalue weighted by molar-refractivity contribution is 5.78. The van der Waals surface area contributed by atoms with Gasteiger partial charge in [0.25, 0.3) is 0 Å². The molecule has 0 saturated heterocycles. The first kappa shape index (κ1) is 16.3. The number of anilines is 1. The average Bonchev–Trinajstić information content (AvgIpc) is 2.58. The number of hydrogen-bond acceptors (Lipinski definition) is 4. The Morgan fingerprint density at radius 3 is 2.57 bits per heavy atom. The normalized spacial score (nSPS) is 10.8. The fraction of sp³-hybridized carbons (Fsp3) is 0.158. The van der Waals surface area contributed by atoms with Crippen molar-refractivity contribution in [3.8, 4) is 6.07 Å². The largest absolute Gasteiger partial charge is 0.391 e. The standard InChI is InChI=1S/C19H19N3O/c1-22(2)19-11-9-16(10-12-19)6-5-13-21-23-15-18-8-4-3-7-17(18)14-20/h3-13H,15H2,1-2H3/b6-5+,21-13-. The lowest BCUT2D eigenvalue weighted by atomic mass is 10.1. The topological polar surface area (TPSA) is 48.6 Å². The van der Waals surface area contributed by atoms with Gasteiger partial charge in [-0.1, -0.05) is 41.6 Å². The van der Waals surface area contributed by atoms with Crippen molar-refractivity contribution in [1.82, 2.24) is 0 Å². The second-order valence-electron chi connectivity index (χ2n) is 5.14. The molecule has 2 aromatic rings. The number of oxime groups is 1. The molecular weight excluding hydrogens is 286 g/mol. The van der Waals surface area contributed by atoms with Crippen LogP contribution in [0.25, 0.3) is 6.08 Å². The maximum absolute atomic E-state index is 8.98. The second-order valence-corrected chi connectivity index (χ2v) is 5.14. The number of benzene rings is 2. The van der Waals surface area contributed by atoms with Crippen molar-refractivity contribution in [2.24, 2.45) is 5.16 Å². The van der Waals surface area contributed by atoms with Gasteiger partial charge in [-0.15, -0.1) is 0 Å². The summed E-state index contributed by atoms with van der Waals surface area (Å²) in [7, 11) is 4.03. The summed E-state index contributed by atoms with van der Waals surface area (Å²) in [5.74, 6) is 0. The van der Waals surface area contributed by atoms with Crippen LogP contribution in [0.15, 0.2) is 59.8 Å². The summed E-state index contributed by atoms with van der Waals surface area (Å²) < 4.78 is 0. The summed E-state index contributed by atoms with van der Waals surface area (Å²) in [6.07, 6.45) is 5.37. The van der Waals surface area contributed by atoms with Gasteiger partial charge in [0.2, 0.25) is 0 Å². The van der Waals surface area contributed by atoms with Crippen LogP contribution in [0.3, 0.4) is 0 Å². The Labute approximate surface area is 136 Å². The molecule has 0 amide bonds. The van der Waals surface area contributed by atoms with Gasteiger partial charge in [-0.05, 0) is 29.8 Å².